The Morgan fingerprint density at radius 1 is 0.897 bits per heavy atom. The number of H-pyrrole nitrogens is 1. The predicted octanol–water partition coefficient (Wildman–Crippen LogP) is 3.52. The molecule has 0 atom stereocenters. The lowest BCUT2D eigenvalue weighted by molar-refractivity contribution is -0.394. The molecule has 1 amide bonds. The normalized spacial score (nSPS) is 11.0. The molecule has 0 radical (unpaired) electrons. The highest BCUT2D eigenvalue weighted by molar-refractivity contribution is 5.98. The second-order valence-corrected chi connectivity index (χ2v) is 5.57. The maximum atomic E-state index is 12.2. The van der Waals surface area contributed by atoms with E-state index in [1.165, 1.54) is 12.1 Å². The van der Waals surface area contributed by atoms with Gasteiger partial charge >= 0.3 is 0 Å². The number of aromatic nitrogens is 1. The van der Waals surface area contributed by atoms with Gasteiger partial charge in [0.1, 0.15) is 0 Å². The lowest BCUT2D eigenvalue weighted by Gasteiger charge is -1.97. The summed E-state index contributed by atoms with van der Waals surface area (Å²) in [4.78, 5) is 44.9. The summed E-state index contributed by atoms with van der Waals surface area (Å²) in [5, 5.41) is 49.6. The van der Waals surface area contributed by atoms with Gasteiger partial charge in [-0.3, -0.25) is 35.1 Å². The van der Waals surface area contributed by atoms with E-state index in [1.807, 2.05) is 0 Å². The molecule has 1 aromatic heterocycles. The summed E-state index contributed by atoms with van der Waals surface area (Å²) in [7, 11) is 0. The number of carbonyl (C=O) groups is 1. The topological polar surface area (TPSA) is 207 Å². The zero-order valence-electron chi connectivity index (χ0n) is 14.0. The second-order valence-electron chi connectivity index (χ2n) is 5.57. The monoisotopic (exact) mass is 400 g/mol. The van der Waals surface area contributed by atoms with Gasteiger partial charge in [0.15, 0.2) is 5.69 Å². The summed E-state index contributed by atoms with van der Waals surface area (Å²) in [6.45, 7) is 0. The third-order valence-electron chi connectivity index (χ3n) is 3.76. The van der Waals surface area contributed by atoms with E-state index in [0.717, 1.165) is 18.2 Å². The molecule has 3 aromatic rings. The third-order valence-corrected chi connectivity index (χ3v) is 3.76. The number of nitro groups is 3. The van der Waals surface area contributed by atoms with E-state index in [9.17, 15) is 40.2 Å². The van der Waals surface area contributed by atoms with Gasteiger partial charge in [0.05, 0.1) is 31.9 Å². The molecule has 3 rings (SSSR count). The van der Waals surface area contributed by atoms with E-state index < -0.39 is 43.5 Å². The maximum absolute atomic E-state index is 12.2. The average Bonchev–Trinajstić information content (AvgIpc) is 2.99. The molecule has 0 saturated heterocycles. The van der Waals surface area contributed by atoms with Gasteiger partial charge in [-0.2, -0.15) is 0 Å². The standard InChI is InChI=1S/C15H8N6O8/c22-14(7-3-9(20(26)27)5-10(4-7)21(28)29)18-17-13-11-6-8(19(24)25)1-2-12(11)16-15(13)23/h1-6,16,23H. The Balaban J connectivity index is 2.02. The summed E-state index contributed by atoms with van der Waals surface area (Å²) in [5.41, 5.74) is -2.15. The number of hydrogen-bond acceptors (Lipinski definition) is 9. The van der Waals surface area contributed by atoms with Gasteiger partial charge < -0.3 is 10.1 Å². The number of hydrogen-bond donors (Lipinski definition) is 2. The number of azo groups is 1. The van der Waals surface area contributed by atoms with Crippen molar-refractivity contribution in [3.05, 3.63) is 72.3 Å². The van der Waals surface area contributed by atoms with Crippen molar-refractivity contribution in [1.29, 1.82) is 0 Å². The van der Waals surface area contributed by atoms with Crippen molar-refractivity contribution >= 4 is 39.6 Å². The quantitative estimate of drug-likeness (QED) is 0.367. The van der Waals surface area contributed by atoms with E-state index in [4.69, 9.17) is 0 Å². The summed E-state index contributed by atoms with van der Waals surface area (Å²) in [6, 6.07) is 5.86. The minimum atomic E-state index is -1.16. The van der Waals surface area contributed by atoms with Gasteiger partial charge in [0.25, 0.3) is 23.0 Å². The molecule has 0 unspecified atom stereocenters. The van der Waals surface area contributed by atoms with Gasteiger partial charge in [0.2, 0.25) is 5.88 Å². The molecule has 14 nitrogen and oxygen atoms in total. The highest BCUT2D eigenvalue weighted by atomic mass is 16.6. The van der Waals surface area contributed by atoms with Crippen molar-refractivity contribution in [1.82, 2.24) is 4.98 Å². The number of aromatic amines is 1. The van der Waals surface area contributed by atoms with E-state index in [0.29, 0.717) is 6.07 Å². The van der Waals surface area contributed by atoms with E-state index >= 15 is 0 Å². The Morgan fingerprint density at radius 2 is 1.48 bits per heavy atom. The van der Waals surface area contributed by atoms with Crippen LogP contribution in [-0.4, -0.2) is 30.8 Å². The van der Waals surface area contributed by atoms with Crippen LogP contribution in [0.25, 0.3) is 10.9 Å². The van der Waals surface area contributed by atoms with E-state index in [1.54, 1.807) is 0 Å². The van der Waals surface area contributed by atoms with Gasteiger partial charge in [-0.25, -0.2) is 0 Å². The molecule has 1 heterocycles. The van der Waals surface area contributed by atoms with Crippen LogP contribution in [0.3, 0.4) is 0 Å². The molecule has 0 spiro atoms. The molecule has 0 aliphatic rings. The molecule has 0 aliphatic carbocycles. The minimum absolute atomic E-state index is 0.0956. The van der Waals surface area contributed by atoms with Crippen LogP contribution in [0.15, 0.2) is 46.6 Å². The molecule has 29 heavy (non-hydrogen) atoms. The number of nitrogens with one attached hydrogen (secondary N) is 1. The number of non-ortho nitro benzene ring substituents is 3. The van der Waals surface area contributed by atoms with Gasteiger partial charge in [0, 0.05) is 29.7 Å². The Hall–Kier alpha value is -4.75. The largest absolute Gasteiger partial charge is 0.493 e. The fourth-order valence-electron chi connectivity index (χ4n) is 2.45. The van der Waals surface area contributed by atoms with Crippen LogP contribution in [-0.2, 0) is 0 Å². The number of fused-ring (bicyclic) bond motifs is 1. The number of amides is 1. The Kier molecular flexibility index (Phi) is 4.66. The van der Waals surface area contributed by atoms with Crippen LogP contribution in [0.2, 0.25) is 0 Å². The van der Waals surface area contributed by atoms with Crippen molar-refractivity contribution in [3.8, 4) is 5.88 Å². The molecule has 0 saturated carbocycles. The number of aromatic hydroxyl groups is 1. The van der Waals surface area contributed by atoms with Gasteiger partial charge in [-0.05, 0) is 6.07 Å². The molecule has 0 fully saturated rings. The first-order valence-corrected chi connectivity index (χ1v) is 7.56. The number of nitrogens with zero attached hydrogens (tertiary/aromatic N) is 5. The van der Waals surface area contributed by atoms with Crippen molar-refractivity contribution in [2.24, 2.45) is 10.2 Å². The summed E-state index contributed by atoms with van der Waals surface area (Å²) in [5.74, 6) is -1.68. The lowest BCUT2D eigenvalue weighted by atomic mass is 10.1. The molecule has 14 heteroatoms. The second kappa shape index (κ2) is 7.10. The number of benzene rings is 2. The Labute approximate surface area is 158 Å². The summed E-state index contributed by atoms with van der Waals surface area (Å²) >= 11 is 0. The van der Waals surface area contributed by atoms with Crippen molar-refractivity contribution in [2.75, 3.05) is 0 Å². The van der Waals surface area contributed by atoms with Crippen molar-refractivity contribution in [2.45, 2.75) is 0 Å². The van der Waals surface area contributed by atoms with Crippen LogP contribution in [0.1, 0.15) is 10.4 Å². The highest BCUT2D eigenvalue weighted by Gasteiger charge is 2.20. The lowest BCUT2D eigenvalue weighted by Crippen LogP contribution is -1.99. The molecule has 146 valence electrons. The van der Waals surface area contributed by atoms with Crippen LogP contribution < -0.4 is 0 Å². The maximum Gasteiger partial charge on any atom is 0.295 e. The van der Waals surface area contributed by atoms with Crippen molar-refractivity contribution in [3.63, 3.8) is 0 Å². The Morgan fingerprint density at radius 3 is 2.03 bits per heavy atom. The van der Waals surface area contributed by atoms with E-state index in [-0.39, 0.29) is 22.3 Å². The van der Waals surface area contributed by atoms with E-state index in [2.05, 4.69) is 15.2 Å². The molecule has 0 bridgehead atoms. The molecule has 0 aliphatic heterocycles. The van der Waals surface area contributed by atoms with Crippen LogP contribution in [0, 0.1) is 30.3 Å². The number of rotatable bonds is 5. The third kappa shape index (κ3) is 3.70. The Bertz CT molecular complexity index is 1200. The first kappa shape index (κ1) is 19.0. The number of nitro benzene ring substituents is 3. The smallest absolute Gasteiger partial charge is 0.295 e. The molecular formula is C15H8N6O8. The van der Waals surface area contributed by atoms with Crippen LogP contribution >= 0.6 is 0 Å². The molecular weight excluding hydrogens is 392 g/mol. The molecule has 2 aromatic carbocycles. The highest BCUT2D eigenvalue weighted by Crippen LogP contribution is 2.37. The zero-order valence-corrected chi connectivity index (χ0v) is 14.0. The first-order valence-electron chi connectivity index (χ1n) is 7.56. The number of carbonyl (C=O) groups excluding carboxylic acids is 1. The summed E-state index contributed by atoms with van der Waals surface area (Å²) < 4.78 is 0. The van der Waals surface area contributed by atoms with Gasteiger partial charge in [-0.1, -0.05) is 0 Å². The zero-order chi connectivity index (χ0) is 21.3. The fourth-order valence-corrected chi connectivity index (χ4v) is 2.45. The first-order chi connectivity index (χ1) is 13.7. The fraction of sp³-hybridized carbons (Fsp3) is 0. The predicted molar refractivity (Wildman–Crippen MR) is 95.2 cm³/mol. The molecule has 2 N–H and O–H groups in total. The average molecular weight is 400 g/mol. The minimum Gasteiger partial charge on any atom is -0.493 e. The summed E-state index contributed by atoms with van der Waals surface area (Å²) in [6.07, 6.45) is 0. The van der Waals surface area contributed by atoms with Gasteiger partial charge in [-0.15, -0.1) is 10.2 Å². The van der Waals surface area contributed by atoms with Crippen molar-refractivity contribution < 1.29 is 24.7 Å². The SMILES string of the molecule is O=C(N=Nc1c(O)[nH]c2ccc([N+](=O)[O-])cc12)c1cc([N+](=O)[O-])cc([N+](=O)[O-])c1. The van der Waals surface area contributed by atoms with Crippen LogP contribution in [0.4, 0.5) is 22.7 Å². The van der Waals surface area contributed by atoms with Crippen LogP contribution in [0.5, 0.6) is 5.88 Å².